The summed E-state index contributed by atoms with van der Waals surface area (Å²) in [4.78, 5) is 16.3. The van der Waals surface area contributed by atoms with Gasteiger partial charge in [0.05, 0.1) is 5.01 Å². The third kappa shape index (κ3) is 3.99. The van der Waals surface area contributed by atoms with Crippen LogP contribution in [-0.2, 0) is 11.2 Å². The number of hydrogen-bond acceptors (Lipinski definition) is 5. The van der Waals surface area contributed by atoms with Crippen molar-refractivity contribution < 1.29 is 9.53 Å². The zero-order valence-electron chi connectivity index (χ0n) is 11.3. The number of hydrogen-bond donors (Lipinski definition) is 2. The lowest BCUT2D eigenvalue weighted by molar-refractivity contribution is 0.0238. The Kier molecular flexibility index (Phi) is 4.90. The lowest BCUT2D eigenvalue weighted by Crippen LogP contribution is -2.39. The first-order valence-electron chi connectivity index (χ1n) is 6.63. The number of amides is 1. The predicted octanol–water partition coefficient (Wildman–Crippen LogP) is 1.19. The first-order chi connectivity index (χ1) is 9.13. The smallest absolute Gasteiger partial charge is 0.270 e. The molecule has 3 N–H and O–H groups in total. The van der Waals surface area contributed by atoms with Gasteiger partial charge in [0.25, 0.3) is 5.91 Å². The number of carbonyl (C=O) groups is 1. The quantitative estimate of drug-likeness (QED) is 0.851. The molecule has 1 aliphatic rings. The van der Waals surface area contributed by atoms with E-state index in [0.717, 1.165) is 37.5 Å². The standard InChI is InChI=1S/C13H21N3O2S/c1-13(3-6-18-7-4-13)9-15-12(17)10-8-19-11(16-10)2-5-14/h8H,2-7,9,14H2,1H3,(H,15,17). The molecule has 1 aromatic rings. The highest BCUT2D eigenvalue weighted by Crippen LogP contribution is 2.28. The molecule has 5 nitrogen and oxygen atoms in total. The van der Waals surface area contributed by atoms with Crippen LogP contribution in [0, 0.1) is 5.41 Å². The van der Waals surface area contributed by atoms with Gasteiger partial charge in [-0.05, 0) is 24.8 Å². The van der Waals surface area contributed by atoms with E-state index in [2.05, 4.69) is 17.2 Å². The average Bonchev–Trinajstić information content (AvgIpc) is 2.86. The molecule has 19 heavy (non-hydrogen) atoms. The van der Waals surface area contributed by atoms with Crippen LogP contribution < -0.4 is 11.1 Å². The van der Waals surface area contributed by atoms with Crippen molar-refractivity contribution in [1.82, 2.24) is 10.3 Å². The number of nitrogens with one attached hydrogen (secondary N) is 1. The topological polar surface area (TPSA) is 77.2 Å². The van der Waals surface area contributed by atoms with Gasteiger partial charge in [-0.25, -0.2) is 4.98 Å². The Hall–Kier alpha value is -0.980. The van der Waals surface area contributed by atoms with Gasteiger partial charge in [-0.2, -0.15) is 0 Å². The van der Waals surface area contributed by atoms with Crippen molar-refractivity contribution in [3.8, 4) is 0 Å². The zero-order valence-corrected chi connectivity index (χ0v) is 12.1. The molecule has 0 radical (unpaired) electrons. The molecule has 0 aromatic carbocycles. The van der Waals surface area contributed by atoms with E-state index in [9.17, 15) is 4.79 Å². The summed E-state index contributed by atoms with van der Waals surface area (Å²) in [7, 11) is 0. The molecule has 1 aromatic heterocycles. The number of nitrogens with two attached hydrogens (primary N) is 1. The van der Waals surface area contributed by atoms with Crippen LogP contribution in [0.15, 0.2) is 5.38 Å². The summed E-state index contributed by atoms with van der Waals surface area (Å²) in [5.74, 6) is -0.0905. The molecule has 0 spiro atoms. The summed E-state index contributed by atoms with van der Waals surface area (Å²) in [5.41, 5.74) is 6.12. The summed E-state index contributed by atoms with van der Waals surface area (Å²) in [6, 6.07) is 0. The van der Waals surface area contributed by atoms with Gasteiger partial charge in [0.1, 0.15) is 5.69 Å². The van der Waals surface area contributed by atoms with Crippen LogP contribution >= 0.6 is 11.3 Å². The SMILES string of the molecule is CC1(CNC(=O)c2csc(CCN)n2)CCOCC1. The molecule has 1 amide bonds. The van der Waals surface area contributed by atoms with Crippen LogP contribution in [0.1, 0.15) is 35.3 Å². The average molecular weight is 283 g/mol. The highest BCUT2D eigenvalue weighted by molar-refractivity contribution is 7.09. The second kappa shape index (κ2) is 6.45. The molecule has 1 fully saturated rings. The van der Waals surface area contributed by atoms with Crippen LogP contribution in [0.2, 0.25) is 0 Å². The number of aromatic nitrogens is 1. The maximum atomic E-state index is 12.0. The Balaban J connectivity index is 1.86. The van der Waals surface area contributed by atoms with Gasteiger partial charge in [-0.15, -0.1) is 11.3 Å². The number of rotatable bonds is 5. The molecule has 0 aliphatic carbocycles. The van der Waals surface area contributed by atoms with Crippen molar-refractivity contribution in [2.75, 3.05) is 26.3 Å². The van der Waals surface area contributed by atoms with Gasteiger partial charge in [-0.3, -0.25) is 4.79 Å². The molecule has 2 heterocycles. The predicted molar refractivity (Wildman–Crippen MR) is 75.4 cm³/mol. The number of ether oxygens (including phenoxy) is 1. The fourth-order valence-corrected chi connectivity index (χ4v) is 2.87. The van der Waals surface area contributed by atoms with Crippen molar-refractivity contribution in [1.29, 1.82) is 0 Å². The van der Waals surface area contributed by atoms with Gasteiger partial charge in [0, 0.05) is 31.6 Å². The summed E-state index contributed by atoms with van der Waals surface area (Å²) < 4.78 is 5.35. The molecule has 0 atom stereocenters. The highest BCUT2D eigenvalue weighted by atomic mass is 32.1. The minimum Gasteiger partial charge on any atom is -0.381 e. The molecule has 1 saturated heterocycles. The maximum absolute atomic E-state index is 12.0. The summed E-state index contributed by atoms with van der Waals surface area (Å²) in [5, 5.41) is 5.70. The fraction of sp³-hybridized carbons (Fsp3) is 0.692. The second-order valence-electron chi connectivity index (χ2n) is 5.27. The summed E-state index contributed by atoms with van der Waals surface area (Å²) in [6.07, 6.45) is 2.71. The van der Waals surface area contributed by atoms with E-state index < -0.39 is 0 Å². The fourth-order valence-electron chi connectivity index (χ4n) is 2.08. The Morgan fingerprint density at radius 1 is 1.58 bits per heavy atom. The van der Waals surface area contributed by atoms with Gasteiger partial charge >= 0.3 is 0 Å². The highest BCUT2D eigenvalue weighted by Gasteiger charge is 2.28. The third-order valence-corrected chi connectivity index (χ3v) is 4.43. The molecule has 0 unspecified atom stereocenters. The molecular formula is C13H21N3O2S. The molecule has 6 heteroatoms. The van der Waals surface area contributed by atoms with Crippen LogP contribution in [-0.4, -0.2) is 37.2 Å². The Bertz CT molecular complexity index is 427. The Morgan fingerprint density at radius 3 is 3.00 bits per heavy atom. The first kappa shape index (κ1) is 14.4. The van der Waals surface area contributed by atoms with Crippen LogP contribution in [0.5, 0.6) is 0 Å². The van der Waals surface area contributed by atoms with Crippen LogP contribution in [0.3, 0.4) is 0 Å². The van der Waals surface area contributed by atoms with Gasteiger partial charge in [0.2, 0.25) is 0 Å². The molecule has 0 saturated carbocycles. The first-order valence-corrected chi connectivity index (χ1v) is 7.51. The van der Waals surface area contributed by atoms with E-state index in [-0.39, 0.29) is 11.3 Å². The lowest BCUT2D eigenvalue weighted by atomic mass is 9.82. The van der Waals surface area contributed by atoms with Gasteiger partial charge < -0.3 is 15.8 Å². The van der Waals surface area contributed by atoms with Gasteiger partial charge in [-0.1, -0.05) is 6.92 Å². The Morgan fingerprint density at radius 2 is 2.32 bits per heavy atom. The normalized spacial score (nSPS) is 18.2. The van der Waals surface area contributed by atoms with E-state index in [0.29, 0.717) is 18.8 Å². The lowest BCUT2D eigenvalue weighted by Gasteiger charge is -2.33. The van der Waals surface area contributed by atoms with Crippen LogP contribution in [0.25, 0.3) is 0 Å². The molecular weight excluding hydrogens is 262 g/mol. The molecule has 106 valence electrons. The minimum absolute atomic E-state index is 0.0905. The second-order valence-corrected chi connectivity index (χ2v) is 6.21. The van der Waals surface area contributed by atoms with Crippen LogP contribution in [0.4, 0.5) is 0 Å². The Labute approximate surface area is 117 Å². The summed E-state index contributed by atoms with van der Waals surface area (Å²) >= 11 is 1.49. The van der Waals surface area contributed by atoms with Crippen molar-refractivity contribution in [2.24, 2.45) is 11.1 Å². The number of carbonyl (C=O) groups excluding carboxylic acids is 1. The molecule has 2 rings (SSSR count). The van der Waals surface area contributed by atoms with E-state index in [1.54, 1.807) is 5.38 Å². The number of nitrogens with zero attached hydrogens (tertiary/aromatic N) is 1. The van der Waals surface area contributed by atoms with E-state index in [1.807, 2.05) is 0 Å². The molecule has 0 bridgehead atoms. The van der Waals surface area contributed by atoms with Crippen molar-refractivity contribution in [3.63, 3.8) is 0 Å². The van der Waals surface area contributed by atoms with E-state index >= 15 is 0 Å². The third-order valence-electron chi connectivity index (χ3n) is 3.52. The van der Waals surface area contributed by atoms with Crippen molar-refractivity contribution in [3.05, 3.63) is 16.1 Å². The minimum atomic E-state index is -0.0905. The van der Waals surface area contributed by atoms with E-state index in [1.165, 1.54) is 11.3 Å². The summed E-state index contributed by atoms with van der Waals surface area (Å²) in [6.45, 7) is 5.00. The largest absolute Gasteiger partial charge is 0.381 e. The number of thiazole rings is 1. The van der Waals surface area contributed by atoms with Crippen molar-refractivity contribution >= 4 is 17.2 Å². The van der Waals surface area contributed by atoms with Crippen molar-refractivity contribution in [2.45, 2.75) is 26.2 Å². The monoisotopic (exact) mass is 283 g/mol. The zero-order chi connectivity index (χ0) is 13.7. The van der Waals surface area contributed by atoms with Gasteiger partial charge in [0.15, 0.2) is 0 Å². The molecule has 1 aliphatic heterocycles. The maximum Gasteiger partial charge on any atom is 0.270 e. The van der Waals surface area contributed by atoms with E-state index in [4.69, 9.17) is 10.5 Å².